The summed E-state index contributed by atoms with van der Waals surface area (Å²) in [5.41, 5.74) is 0. The van der Waals surface area contributed by atoms with Gasteiger partial charge in [-0.05, 0) is 48.9 Å². The number of alkyl halides is 1. The van der Waals surface area contributed by atoms with Crippen LogP contribution in [0.15, 0.2) is 0 Å². The van der Waals surface area contributed by atoms with E-state index in [1.54, 1.807) is 0 Å². The van der Waals surface area contributed by atoms with Gasteiger partial charge in [-0.1, -0.05) is 29.8 Å². The van der Waals surface area contributed by atoms with Crippen LogP contribution >= 0.6 is 15.9 Å². The van der Waals surface area contributed by atoms with E-state index < -0.39 is 0 Å². The zero-order chi connectivity index (χ0) is 11.4. The average Bonchev–Trinajstić information content (AvgIpc) is 2.67. The molecule has 0 saturated heterocycles. The van der Waals surface area contributed by atoms with Gasteiger partial charge in [0.2, 0.25) is 5.91 Å². The van der Waals surface area contributed by atoms with Crippen LogP contribution in [0, 0.1) is 29.6 Å². The summed E-state index contributed by atoms with van der Waals surface area (Å²) in [5, 5.41) is 3.25. The molecule has 5 unspecified atom stereocenters. The predicted molar refractivity (Wildman–Crippen MR) is 67.3 cm³/mol. The first-order chi connectivity index (χ1) is 7.59. The molecule has 0 radical (unpaired) electrons. The van der Waals surface area contributed by atoms with Crippen molar-refractivity contribution in [1.82, 2.24) is 5.32 Å². The molecule has 16 heavy (non-hydrogen) atoms. The third kappa shape index (κ3) is 1.54. The van der Waals surface area contributed by atoms with Gasteiger partial charge in [0.05, 0.1) is 4.83 Å². The van der Waals surface area contributed by atoms with Crippen molar-refractivity contribution in [2.24, 2.45) is 29.6 Å². The summed E-state index contributed by atoms with van der Waals surface area (Å²) < 4.78 is 0. The molecule has 3 aliphatic carbocycles. The zero-order valence-electron chi connectivity index (χ0n) is 9.95. The van der Waals surface area contributed by atoms with Gasteiger partial charge < -0.3 is 5.32 Å². The molecule has 1 N–H and O–H groups in total. The molecule has 3 saturated carbocycles. The highest BCUT2D eigenvalue weighted by Crippen LogP contribution is 2.65. The minimum absolute atomic E-state index is 0.0218. The summed E-state index contributed by atoms with van der Waals surface area (Å²) in [7, 11) is 0. The van der Waals surface area contributed by atoms with Gasteiger partial charge in [0, 0.05) is 6.04 Å². The standard InChI is InChI=1S/C13H20BrNO/c1-6(2)11(14)13(16)15-12-9-7-3-4-8(5-7)10(9)12/h6-12H,3-5H2,1-2H3,(H,15,16). The van der Waals surface area contributed by atoms with E-state index in [9.17, 15) is 4.79 Å². The largest absolute Gasteiger partial charge is 0.352 e. The predicted octanol–water partition coefficient (Wildman–Crippen LogP) is 2.57. The Balaban J connectivity index is 1.57. The second-order valence-corrected chi connectivity index (χ2v) is 7.15. The van der Waals surface area contributed by atoms with Gasteiger partial charge in [-0.25, -0.2) is 0 Å². The van der Waals surface area contributed by atoms with Crippen LogP contribution in [-0.4, -0.2) is 16.8 Å². The molecule has 3 rings (SSSR count). The van der Waals surface area contributed by atoms with Gasteiger partial charge in [-0.2, -0.15) is 0 Å². The van der Waals surface area contributed by atoms with Gasteiger partial charge in [0.25, 0.3) is 0 Å². The van der Waals surface area contributed by atoms with Crippen LogP contribution in [0.2, 0.25) is 0 Å². The lowest BCUT2D eigenvalue weighted by molar-refractivity contribution is -0.121. The normalized spacial score (nSPS) is 45.6. The Morgan fingerprint density at radius 2 is 1.81 bits per heavy atom. The number of nitrogens with one attached hydrogen (secondary N) is 1. The number of fused-ring (bicyclic) bond motifs is 5. The quantitative estimate of drug-likeness (QED) is 0.794. The molecule has 0 aromatic heterocycles. The Morgan fingerprint density at radius 3 is 2.31 bits per heavy atom. The second kappa shape index (κ2) is 3.72. The minimum atomic E-state index is -0.0218. The summed E-state index contributed by atoms with van der Waals surface area (Å²) in [5.74, 6) is 4.13. The molecule has 2 nitrogen and oxygen atoms in total. The van der Waals surface area contributed by atoms with E-state index in [1.807, 2.05) is 0 Å². The lowest BCUT2D eigenvalue weighted by atomic mass is 10.0. The lowest BCUT2D eigenvalue weighted by Crippen LogP contribution is -2.37. The monoisotopic (exact) mass is 285 g/mol. The van der Waals surface area contributed by atoms with Crippen molar-refractivity contribution >= 4 is 21.8 Å². The number of halogens is 1. The number of carbonyl (C=O) groups excluding carboxylic acids is 1. The minimum Gasteiger partial charge on any atom is -0.352 e. The van der Waals surface area contributed by atoms with E-state index in [0.717, 1.165) is 23.7 Å². The van der Waals surface area contributed by atoms with Gasteiger partial charge in [0.1, 0.15) is 0 Å². The summed E-state index contributed by atoms with van der Waals surface area (Å²) in [6.45, 7) is 4.16. The van der Waals surface area contributed by atoms with Crippen LogP contribution in [0.3, 0.4) is 0 Å². The number of rotatable bonds is 3. The van der Waals surface area contributed by atoms with Crippen LogP contribution < -0.4 is 5.32 Å². The van der Waals surface area contributed by atoms with Gasteiger partial charge >= 0.3 is 0 Å². The lowest BCUT2D eigenvalue weighted by Gasteiger charge is -2.16. The van der Waals surface area contributed by atoms with E-state index >= 15 is 0 Å². The smallest absolute Gasteiger partial charge is 0.234 e. The van der Waals surface area contributed by atoms with Gasteiger partial charge in [0.15, 0.2) is 0 Å². The van der Waals surface area contributed by atoms with Gasteiger partial charge in [-0.3, -0.25) is 4.79 Å². The van der Waals surface area contributed by atoms with E-state index in [0.29, 0.717) is 12.0 Å². The molecule has 90 valence electrons. The Labute approximate surface area is 106 Å². The average molecular weight is 286 g/mol. The summed E-state index contributed by atoms with van der Waals surface area (Å²) in [4.78, 5) is 11.9. The highest BCUT2D eigenvalue weighted by atomic mass is 79.9. The first-order valence-corrected chi connectivity index (χ1v) is 7.45. The summed E-state index contributed by atoms with van der Waals surface area (Å²) >= 11 is 3.48. The summed E-state index contributed by atoms with van der Waals surface area (Å²) in [6.07, 6.45) is 4.28. The van der Waals surface area contributed by atoms with Crippen LogP contribution in [-0.2, 0) is 4.79 Å². The van der Waals surface area contributed by atoms with Crippen molar-refractivity contribution in [3.8, 4) is 0 Å². The van der Waals surface area contributed by atoms with Crippen molar-refractivity contribution in [2.75, 3.05) is 0 Å². The van der Waals surface area contributed by atoms with Gasteiger partial charge in [-0.15, -0.1) is 0 Å². The fourth-order valence-corrected chi connectivity index (χ4v) is 4.20. The Hall–Kier alpha value is -0.0500. The SMILES string of the molecule is CC(C)C(Br)C(=O)NC1C2C3CCC(C3)C12. The number of amides is 1. The molecule has 1 amide bonds. The third-order valence-corrected chi connectivity index (χ3v) is 6.35. The van der Waals surface area contributed by atoms with Crippen LogP contribution in [0.4, 0.5) is 0 Å². The summed E-state index contributed by atoms with van der Waals surface area (Å²) in [6, 6.07) is 0.526. The zero-order valence-corrected chi connectivity index (χ0v) is 11.5. The van der Waals surface area contributed by atoms with E-state index in [-0.39, 0.29) is 10.7 Å². The van der Waals surface area contributed by atoms with Crippen LogP contribution in [0.25, 0.3) is 0 Å². The molecular formula is C13H20BrNO. The molecule has 3 aliphatic rings. The van der Waals surface area contributed by atoms with Crippen LogP contribution in [0.1, 0.15) is 33.1 Å². The molecule has 3 heteroatoms. The maximum absolute atomic E-state index is 11.9. The van der Waals surface area contributed by atoms with Crippen molar-refractivity contribution in [3.63, 3.8) is 0 Å². The second-order valence-electron chi connectivity index (χ2n) is 6.17. The molecule has 5 atom stereocenters. The van der Waals surface area contributed by atoms with E-state index in [2.05, 4.69) is 35.1 Å². The molecular weight excluding hydrogens is 266 g/mol. The number of hydrogen-bond donors (Lipinski definition) is 1. The third-order valence-electron chi connectivity index (χ3n) is 4.88. The number of carbonyl (C=O) groups is 1. The van der Waals surface area contributed by atoms with Crippen molar-refractivity contribution in [2.45, 2.75) is 44.0 Å². The van der Waals surface area contributed by atoms with E-state index in [4.69, 9.17) is 0 Å². The van der Waals surface area contributed by atoms with Crippen LogP contribution in [0.5, 0.6) is 0 Å². The molecule has 0 aromatic rings. The van der Waals surface area contributed by atoms with Crippen molar-refractivity contribution in [1.29, 1.82) is 0 Å². The Kier molecular flexibility index (Phi) is 2.58. The maximum atomic E-state index is 11.9. The topological polar surface area (TPSA) is 29.1 Å². The highest BCUT2D eigenvalue weighted by Gasteiger charge is 2.65. The highest BCUT2D eigenvalue weighted by molar-refractivity contribution is 9.10. The molecule has 3 fully saturated rings. The fourth-order valence-electron chi connectivity index (χ4n) is 4.07. The molecule has 2 bridgehead atoms. The number of hydrogen-bond acceptors (Lipinski definition) is 1. The first kappa shape index (κ1) is 11.1. The molecule has 0 heterocycles. The molecule has 0 spiro atoms. The van der Waals surface area contributed by atoms with Crippen molar-refractivity contribution in [3.05, 3.63) is 0 Å². The Bertz CT molecular complexity index is 301. The first-order valence-electron chi connectivity index (χ1n) is 6.54. The van der Waals surface area contributed by atoms with Crippen molar-refractivity contribution < 1.29 is 4.79 Å². The molecule has 0 aromatic carbocycles. The van der Waals surface area contributed by atoms with E-state index in [1.165, 1.54) is 19.3 Å². The fraction of sp³-hybridized carbons (Fsp3) is 0.923. The Morgan fingerprint density at radius 1 is 1.25 bits per heavy atom. The maximum Gasteiger partial charge on any atom is 0.234 e. The molecule has 0 aliphatic heterocycles.